The number of benzene rings is 1. The lowest BCUT2D eigenvalue weighted by Crippen LogP contribution is -1.95. The van der Waals surface area contributed by atoms with Crippen LogP contribution in [0.2, 0.25) is 0 Å². The minimum atomic E-state index is -0.535. The highest BCUT2D eigenvalue weighted by atomic mass is 32.1. The summed E-state index contributed by atoms with van der Waals surface area (Å²) in [6.07, 6.45) is 0. The van der Waals surface area contributed by atoms with Gasteiger partial charge in [0.2, 0.25) is 0 Å². The molecule has 0 unspecified atom stereocenters. The van der Waals surface area contributed by atoms with Crippen LogP contribution in [0.5, 0.6) is 5.75 Å². The summed E-state index contributed by atoms with van der Waals surface area (Å²) in [4.78, 5) is 0. The molecule has 15 heavy (non-hydrogen) atoms. The van der Waals surface area contributed by atoms with E-state index in [9.17, 15) is 9.50 Å². The summed E-state index contributed by atoms with van der Waals surface area (Å²) >= 11 is 4.90. The summed E-state index contributed by atoms with van der Waals surface area (Å²) in [5.41, 5.74) is 0.0485. The number of nitrogens with zero attached hydrogens (tertiary/aromatic N) is 2. The molecular weight excluding hydrogens is 217 g/mol. The van der Waals surface area contributed by atoms with Crippen LogP contribution in [-0.2, 0) is 7.05 Å². The molecule has 2 N–H and O–H groups in total. The van der Waals surface area contributed by atoms with Gasteiger partial charge < -0.3 is 9.67 Å². The molecule has 0 bridgehead atoms. The lowest BCUT2D eigenvalue weighted by molar-refractivity contribution is 0.471. The molecule has 2 aromatic rings. The summed E-state index contributed by atoms with van der Waals surface area (Å²) in [5, 5.41) is 15.9. The van der Waals surface area contributed by atoms with Gasteiger partial charge in [-0.05, 0) is 24.4 Å². The standard InChI is InChI=1S/C9H8FN3OS/c1-13-8(11-12-9(13)15)7-5(10)3-2-4-6(7)14/h2-4,14H,1H3,(H,12,15). The number of phenols is 1. The van der Waals surface area contributed by atoms with E-state index in [0.29, 0.717) is 4.77 Å². The van der Waals surface area contributed by atoms with Crippen molar-refractivity contribution in [3.8, 4) is 17.1 Å². The maximum Gasteiger partial charge on any atom is 0.195 e. The topological polar surface area (TPSA) is 53.8 Å². The SMILES string of the molecule is Cn1c(-c2c(O)cccc2F)n[nH]c1=S. The molecule has 0 fully saturated rings. The summed E-state index contributed by atoms with van der Waals surface area (Å²) < 4.78 is 15.3. The van der Waals surface area contributed by atoms with Crippen molar-refractivity contribution in [1.82, 2.24) is 14.8 Å². The van der Waals surface area contributed by atoms with Crippen molar-refractivity contribution < 1.29 is 9.50 Å². The summed E-state index contributed by atoms with van der Waals surface area (Å²) in [6, 6.07) is 4.08. The fraction of sp³-hybridized carbons (Fsp3) is 0.111. The molecule has 0 aliphatic heterocycles. The van der Waals surface area contributed by atoms with Gasteiger partial charge in [0.05, 0.1) is 5.56 Å². The van der Waals surface area contributed by atoms with Crippen LogP contribution in [0.1, 0.15) is 0 Å². The molecule has 1 aromatic carbocycles. The molecule has 2 rings (SSSR count). The molecule has 1 heterocycles. The highest BCUT2D eigenvalue weighted by Crippen LogP contribution is 2.29. The van der Waals surface area contributed by atoms with Gasteiger partial charge in [-0.25, -0.2) is 4.39 Å². The van der Waals surface area contributed by atoms with Gasteiger partial charge in [-0.3, -0.25) is 5.10 Å². The van der Waals surface area contributed by atoms with Crippen LogP contribution < -0.4 is 0 Å². The zero-order valence-electron chi connectivity index (χ0n) is 7.86. The van der Waals surface area contributed by atoms with Crippen LogP contribution in [0.15, 0.2) is 18.2 Å². The fourth-order valence-electron chi connectivity index (χ4n) is 1.30. The first-order chi connectivity index (χ1) is 7.11. The van der Waals surface area contributed by atoms with Crippen LogP contribution in [0.4, 0.5) is 4.39 Å². The normalized spacial score (nSPS) is 10.5. The third kappa shape index (κ3) is 1.52. The Balaban J connectivity index is 2.74. The Bertz CT molecular complexity index is 540. The smallest absolute Gasteiger partial charge is 0.195 e. The number of hydrogen-bond donors (Lipinski definition) is 2. The molecule has 4 nitrogen and oxygen atoms in total. The molecule has 0 aliphatic carbocycles. The van der Waals surface area contributed by atoms with Crippen molar-refractivity contribution in [1.29, 1.82) is 0 Å². The van der Waals surface area contributed by atoms with E-state index in [1.54, 1.807) is 7.05 Å². The molecule has 78 valence electrons. The maximum atomic E-state index is 13.5. The third-order valence-corrected chi connectivity index (χ3v) is 2.46. The number of nitrogens with one attached hydrogen (secondary N) is 1. The number of aromatic amines is 1. The van der Waals surface area contributed by atoms with Gasteiger partial charge >= 0.3 is 0 Å². The summed E-state index contributed by atoms with van der Waals surface area (Å²) in [5.74, 6) is -0.421. The number of aromatic nitrogens is 3. The molecule has 0 spiro atoms. The highest BCUT2D eigenvalue weighted by Gasteiger charge is 2.15. The number of phenolic OH excluding ortho intramolecular Hbond substituents is 1. The Morgan fingerprint density at radius 3 is 2.80 bits per heavy atom. The van der Waals surface area contributed by atoms with Crippen LogP contribution in [0, 0.1) is 10.6 Å². The van der Waals surface area contributed by atoms with Crippen molar-refractivity contribution in [2.75, 3.05) is 0 Å². The summed E-state index contributed by atoms with van der Waals surface area (Å²) in [7, 11) is 1.65. The second-order valence-electron chi connectivity index (χ2n) is 3.05. The van der Waals surface area contributed by atoms with Crippen molar-refractivity contribution in [2.24, 2.45) is 7.05 Å². The average molecular weight is 225 g/mol. The van der Waals surface area contributed by atoms with Crippen molar-refractivity contribution >= 4 is 12.2 Å². The number of aromatic hydroxyl groups is 1. The zero-order chi connectivity index (χ0) is 11.0. The zero-order valence-corrected chi connectivity index (χ0v) is 8.68. The van der Waals surface area contributed by atoms with Crippen LogP contribution in [-0.4, -0.2) is 19.9 Å². The van der Waals surface area contributed by atoms with Crippen LogP contribution in [0.25, 0.3) is 11.4 Å². The fourth-order valence-corrected chi connectivity index (χ4v) is 1.44. The lowest BCUT2D eigenvalue weighted by Gasteiger charge is -2.04. The highest BCUT2D eigenvalue weighted by molar-refractivity contribution is 7.71. The van der Waals surface area contributed by atoms with Gasteiger partial charge in [0, 0.05) is 7.05 Å². The van der Waals surface area contributed by atoms with E-state index < -0.39 is 5.82 Å². The molecule has 1 aromatic heterocycles. The Kier molecular flexibility index (Phi) is 2.28. The van der Waals surface area contributed by atoms with Gasteiger partial charge in [0.15, 0.2) is 10.6 Å². The van der Waals surface area contributed by atoms with E-state index in [2.05, 4.69) is 10.2 Å². The van der Waals surface area contributed by atoms with E-state index in [1.165, 1.54) is 22.8 Å². The molecule has 6 heteroatoms. The first-order valence-electron chi connectivity index (χ1n) is 4.20. The minimum absolute atomic E-state index is 0.0485. The molecule has 0 aliphatic rings. The Hall–Kier alpha value is -1.69. The molecule has 0 atom stereocenters. The largest absolute Gasteiger partial charge is 0.507 e. The van der Waals surface area contributed by atoms with Gasteiger partial charge in [0.25, 0.3) is 0 Å². The van der Waals surface area contributed by atoms with Crippen molar-refractivity contribution in [2.45, 2.75) is 0 Å². The first kappa shape index (κ1) is 9.85. The maximum absolute atomic E-state index is 13.5. The van der Waals surface area contributed by atoms with E-state index in [0.717, 1.165) is 0 Å². The number of halogens is 1. The molecule has 0 saturated heterocycles. The van der Waals surface area contributed by atoms with Gasteiger partial charge in [0.1, 0.15) is 11.6 Å². The van der Waals surface area contributed by atoms with Crippen LogP contribution >= 0.6 is 12.2 Å². The Labute approximate surface area is 90.0 Å². The molecule has 0 radical (unpaired) electrons. The number of H-pyrrole nitrogens is 1. The second kappa shape index (κ2) is 3.47. The van der Waals surface area contributed by atoms with E-state index in [-0.39, 0.29) is 17.1 Å². The van der Waals surface area contributed by atoms with Gasteiger partial charge in [-0.2, -0.15) is 5.10 Å². The Morgan fingerprint density at radius 2 is 2.27 bits per heavy atom. The number of hydrogen-bond acceptors (Lipinski definition) is 3. The molecular formula is C9H8FN3OS. The quantitative estimate of drug-likeness (QED) is 0.730. The van der Waals surface area contributed by atoms with E-state index in [1.807, 2.05) is 0 Å². The minimum Gasteiger partial charge on any atom is -0.507 e. The first-order valence-corrected chi connectivity index (χ1v) is 4.61. The Morgan fingerprint density at radius 1 is 1.53 bits per heavy atom. The summed E-state index contributed by atoms with van der Waals surface area (Å²) in [6.45, 7) is 0. The number of rotatable bonds is 1. The second-order valence-corrected chi connectivity index (χ2v) is 3.43. The molecule has 0 saturated carbocycles. The van der Waals surface area contributed by atoms with E-state index >= 15 is 0 Å². The van der Waals surface area contributed by atoms with Crippen molar-refractivity contribution in [3.05, 3.63) is 28.8 Å². The monoisotopic (exact) mass is 225 g/mol. The van der Waals surface area contributed by atoms with Gasteiger partial charge in [-0.1, -0.05) is 6.07 Å². The molecule has 0 amide bonds. The lowest BCUT2D eigenvalue weighted by atomic mass is 10.2. The predicted molar refractivity (Wildman–Crippen MR) is 55.5 cm³/mol. The average Bonchev–Trinajstić information content (AvgIpc) is 2.49. The van der Waals surface area contributed by atoms with E-state index in [4.69, 9.17) is 12.2 Å². The van der Waals surface area contributed by atoms with Gasteiger partial charge in [-0.15, -0.1) is 0 Å². The van der Waals surface area contributed by atoms with Crippen molar-refractivity contribution in [3.63, 3.8) is 0 Å². The van der Waals surface area contributed by atoms with Crippen LogP contribution in [0.3, 0.4) is 0 Å². The predicted octanol–water partition coefficient (Wildman–Crippen LogP) is 1.99. The third-order valence-electron chi connectivity index (χ3n) is 2.10.